The lowest BCUT2D eigenvalue weighted by atomic mass is 10.2. The van der Waals surface area contributed by atoms with Crippen LogP contribution in [0.15, 0.2) is 42.5 Å². The number of nitrogens with one attached hydrogen (secondary N) is 1. The van der Waals surface area contributed by atoms with Crippen molar-refractivity contribution in [1.82, 2.24) is 5.32 Å². The molecule has 2 aromatic rings. The highest BCUT2D eigenvalue weighted by Crippen LogP contribution is 2.26. The van der Waals surface area contributed by atoms with Gasteiger partial charge in [-0.25, -0.2) is 0 Å². The fourth-order valence-corrected chi connectivity index (χ4v) is 2.17. The highest BCUT2D eigenvalue weighted by molar-refractivity contribution is 6.42. The predicted octanol–water partition coefficient (Wildman–Crippen LogP) is 4.09. The van der Waals surface area contributed by atoms with E-state index in [1.54, 1.807) is 32.2 Å². The molecule has 2 aromatic carbocycles. The van der Waals surface area contributed by atoms with Crippen LogP contribution in [0.25, 0.3) is 0 Å². The molecule has 0 spiro atoms. The minimum atomic E-state index is -0.648. The minimum absolute atomic E-state index is 0.216. The number of carbonyl (C=O) groups is 1. The fourth-order valence-electron chi connectivity index (χ4n) is 1.88. The Balaban J connectivity index is 1.87. The van der Waals surface area contributed by atoms with Crippen molar-refractivity contribution in [2.75, 3.05) is 7.11 Å². The summed E-state index contributed by atoms with van der Waals surface area (Å²) in [7, 11) is 1.61. The molecule has 1 amide bonds. The summed E-state index contributed by atoms with van der Waals surface area (Å²) in [6.07, 6.45) is -0.648. The van der Waals surface area contributed by atoms with E-state index in [0.29, 0.717) is 22.3 Å². The largest absolute Gasteiger partial charge is 0.497 e. The van der Waals surface area contributed by atoms with E-state index in [2.05, 4.69) is 5.32 Å². The van der Waals surface area contributed by atoms with Crippen LogP contribution in [-0.2, 0) is 11.3 Å². The van der Waals surface area contributed by atoms with Gasteiger partial charge < -0.3 is 14.8 Å². The van der Waals surface area contributed by atoms with Crippen molar-refractivity contribution in [3.63, 3.8) is 0 Å². The van der Waals surface area contributed by atoms with E-state index in [9.17, 15) is 4.79 Å². The Hall–Kier alpha value is -1.91. The molecular formula is C17H17Cl2NO3. The van der Waals surface area contributed by atoms with Gasteiger partial charge in [0.15, 0.2) is 6.10 Å². The first-order valence-electron chi connectivity index (χ1n) is 7.02. The lowest BCUT2D eigenvalue weighted by Crippen LogP contribution is -2.35. The Morgan fingerprint density at radius 3 is 2.35 bits per heavy atom. The normalized spacial score (nSPS) is 11.7. The summed E-state index contributed by atoms with van der Waals surface area (Å²) in [4.78, 5) is 12.1. The number of methoxy groups -OCH3 is 1. The van der Waals surface area contributed by atoms with Crippen LogP contribution in [0.1, 0.15) is 12.5 Å². The molecule has 0 saturated heterocycles. The van der Waals surface area contributed by atoms with Crippen molar-refractivity contribution in [2.45, 2.75) is 19.6 Å². The lowest BCUT2D eigenvalue weighted by Gasteiger charge is -2.15. The molecule has 0 saturated carbocycles. The van der Waals surface area contributed by atoms with Crippen LogP contribution in [0.4, 0.5) is 0 Å². The van der Waals surface area contributed by atoms with E-state index in [1.165, 1.54) is 0 Å². The van der Waals surface area contributed by atoms with Gasteiger partial charge in [-0.2, -0.15) is 0 Å². The van der Waals surface area contributed by atoms with Crippen LogP contribution in [0, 0.1) is 0 Å². The average Bonchev–Trinajstić information content (AvgIpc) is 2.56. The molecule has 0 radical (unpaired) electrons. The summed E-state index contributed by atoms with van der Waals surface area (Å²) in [5.41, 5.74) is 0.973. The van der Waals surface area contributed by atoms with E-state index >= 15 is 0 Å². The number of carbonyl (C=O) groups excluding carboxylic acids is 1. The third kappa shape index (κ3) is 5.05. The molecule has 0 aliphatic heterocycles. The first-order valence-corrected chi connectivity index (χ1v) is 7.77. The Morgan fingerprint density at radius 2 is 1.74 bits per heavy atom. The minimum Gasteiger partial charge on any atom is -0.497 e. The van der Waals surface area contributed by atoms with Crippen LogP contribution in [-0.4, -0.2) is 19.1 Å². The number of ether oxygens (including phenoxy) is 2. The van der Waals surface area contributed by atoms with Crippen molar-refractivity contribution in [3.05, 3.63) is 58.1 Å². The van der Waals surface area contributed by atoms with Crippen LogP contribution in [0.5, 0.6) is 11.5 Å². The van der Waals surface area contributed by atoms with Crippen LogP contribution in [0.3, 0.4) is 0 Å². The van der Waals surface area contributed by atoms with Crippen LogP contribution in [0.2, 0.25) is 10.0 Å². The molecule has 2 rings (SSSR count). The van der Waals surface area contributed by atoms with Crippen LogP contribution >= 0.6 is 23.2 Å². The standard InChI is InChI=1S/C17H17Cl2NO3/c1-11(23-14-7-8-15(18)16(19)9-14)17(21)20-10-12-3-5-13(22-2)6-4-12/h3-9,11H,10H2,1-2H3,(H,20,21). The molecule has 1 atom stereocenters. The molecule has 0 heterocycles. The maximum Gasteiger partial charge on any atom is 0.261 e. The molecule has 0 aromatic heterocycles. The van der Waals surface area contributed by atoms with Gasteiger partial charge in [-0.1, -0.05) is 35.3 Å². The molecule has 4 nitrogen and oxygen atoms in total. The summed E-state index contributed by atoms with van der Waals surface area (Å²) in [5, 5.41) is 3.64. The van der Waals surface area contributed by atoms with Crippen molar-refractivity contribution in [2.24, 2.45) is 0 Å². The summed E-state index contributed by atoms with van der Waals surface area (Å²) in [6.45, 7) is 2.09. The lowest BCUT2D eigenvalue weighted by molar-refractivity contribution is -0.127. The number of halogens is 2. The third-order valence-corrected chi connectivity index (χ3v) is 3.94. The molecule has 0 aliphatic rings. The second kappa shape index (κ2) is 8.09. The van der Waals surface area contributed by atoms with E-state index in [1.807, 2.05) is 24.3 Å². The molecule has 0 fully saturated rings. The molecule has 1 unspecified atom stereocenters. The van der Waals surface area contributed by atoms with Gasteiger partial charge in [-0.05, 0) is 36.8 Å². The quantitative estimate of drug-likeness (QED) is 0.850. The zero-order valence-electron chi connectivity index (χ0n) is 12.8. The zero-order valence-corrected chi connectivity index (χ0v) is 14.3. The number of rotatable bonds is 6. The molecule has 122 valence electrons. The van der Waals surface area contributed by atoms with Crippen LogP contribution < -0.4 is 14.8 Å². The van der Waals surface area contributed by atoms with Gasteiger partial charge in [0.2, 0.25) is 0 Å². The maximum absolute atomic E-state index is 12.1. The fraction of sp³-hybridized carbons (Fsp3) is 0.235. The van der Waals surface area contributed by atoms with Gasteiger partial charge >= 0.3 is 0 Å². The Morgan fingerprint density at radius 1 is 1.09 bits per heavy atom. The Bertz CT molecular complexity index is 674. The number of benzene rings is 2. The second-order valence-electron chi connectivity index (χ2n) is 4.90. The van der Waals surface area contributed by atoms with Crippen molar-refractivity contribution < 1.29 is 14.3 Å². The second-order valence-corrected chi connectivity index (χ2v) is 5.72. The summed E-state index contributed by atoms with van der Waals surface area (Å²) in [5.74, 6) is 1.05. The van der Waals surface area contributed by atoms with Crippen molar-refractivity contribution in [1.29, 1.82) is 0 Å². The topological polar surface area (TPSA) is 47.6 Å². The molecule has 0 aliphatic carbocycles. The predicted molar refractivity (Wildman–Crippen MR) is 91.4 cm³/mol. The molecular weight excluding hydrogens is 337 g/mol. The molecule has 0 bridgehead atoms. The van der Waals surface area contributed by atoms with Gasteiger partial charge in [-0.15, -0.1) is 0 Å². The van der Waals surface area contributed by atoms with Crippen molar-refractivity contribution >= 4 is 29.1 Å². The van der Waals surface area contributed by atoms with E-state index in [4.69, 9.17) is 32.7 Å². The Labute approximate surface area is 145 Å². The number of amides is 1. The zero-order chi connectivity index (χ0) is 16.8. The smallest absolute Gasteiger partial charge is 0.261 e. The maximum atomic E-state index is 12.1. The first-order chi connectivity index (χ1) is 11.0. The highest BCUT2D eigenvalue weighted by atomic mass is 35.5. The summed E-state index contributed by atoms with van der Waals surface area (Å²) in [6, 6.07) is 12.3. The van der Waals surface area contributed by atoms with E-state index < -0.39 is 6.10 Å². The molecule has 1 N–H and O–H groups in total. The number of hydrogen-bond donors (Lipinski definition) is 1. The monoisotopic (exact) mass is 353 g/mol. The van der Waals surface area contributed by atoms with E-state index in [-0.39, 0.29) is 5.91 Å². The van der Waals surface area contributed by atoms with Gasteiger partial charge in [0.1, 0.15) is 11.5 Å². The van der Waals surface area contributed by atoms with Gasteiger partial charge in [0, 0.05) is 12.6 Å². The SMILES string of the molecule is COc1ccc(CNC(=O)C(C)Oc2ccc(Cl)c(Cl)c2)cc1. The summed E-state index contributed by atoms with van der Waals surface area (Å²) < 4.78 is 10.7. The van der Waals surface area contributed by atoms with Crippen molar-refractivity contribution in [3.8, 4) is 11.5 Å². The Kier molecular flexibility index (Phi) is 6.13. The van der Waals surface area contributed by atoms with E-state index in [0.717, 1.165) is 11.3 Å². The highest BCUT2D eigenvalue weighted by Gasteiger charge is 2.14. The molecule has 23 heavy (non-hydrogen) atoms. The first kappa shape index (κ1) is 17.4. The van der Waals surface area contributed by atoms with Gasteiger partial charge in [0.25, 0.3) is 5.91 Å². The number of hydrogen-bond acceptors (Lipinski definition) is 3. The van der Waals surface area contributed by atoms with Gasteiger partial charge in [-0.3, -0.25) is 4.79 Å². The molecule has 6 heteroatoms. The third-order valence-electron chi connectivity index (χ3n) is 3.20. The summed E-state index contributed by atoms with van der Waals surface area (Å²) >= 11 is 11.8. The average molecular weight is 354 g/mol. The van der Waals surface area contributed by atoms with Gasteiger partial charge in [0.05, 0.1) is 17.2 Å².